The number of anilines is 1. The monoisotopic (exact) mass is 466 g/mol. The normalized spacial score (nSPS) is 14.6. The third-order valence-corrected chi connectivity index (χ3v) is 7.05. The SMILES string of the molecule is Cc1cccc(-n2nc(C(C)(C)C)cc2NC(=O)CN(C(=O)CCC2CCCC2)C(C)C)c1C. The third-order valence-electron chi connectivity index (χ3n) is 7.05. The zero-order valence-corrected chi connectivity index (χ0v) is 22.1. The van der Waals surface area contributed by atoms with E-state index in [2.05, 4.69) is 46.0 Å². The number of aryl methyl sites for hydroxylation is 1. The largest absolute Gasteiger partial charge is 0.331 e. The van der Waals surface area contributed by atoms with Crippen molar-refractivity contribution in [3.8, 4) is 5.69 Å². The number of benzene rings is 1. The lowest BCUT2D eigenvalue weighted by atomic mass is 9.92. The van der Waals surface area contributed by atoms with Crippen molar-refractivity contribution in [2.24, 2.45) is 5.92 Å². The van der Waals surface area contributed by atoms with Crippen molar-refractivity contribution in [2.45, 2.75) is 98.4 Å². The van der Waals surface area contributed by atoms with Gasteiger partial charge in [-0.3, -0.25) is 9.59 Å². The van der Waals surface area contributed by atoms with E-state index in [0.29, 0.717) is 18.2 Å². The number of hydrogen-bond donors (Lipinski definition) is 1. The summed E-state index contributed by atoms with van der Waals surface area (Å²) in [6.45, 7) is 14.5. The molecule has 0 saturated heterocycles. The van der Waals surface area contributed by atoms with E-state index < -0.39 is 0 Å². The molecule has 2 amide bonds. The molecule has 1 N–H and O–H groups in total. The average molecular weight is 467 g/mol. The Bertz CT molecular complexity index is 1010. The lowest BCUT2D eigenvalue weighted by Gasteiger charge is -2.27. The van der Waals surface area contributed by atoms with Gasteiger partial charge in [-0.25, -0.2) is 4.68 Å². The quantitative estimate of drug-likeness (QED) is 0.524. The highest BCUT2D eigenvalue weighted by molar-refractivity contribution is 5.94. The Morgan fingerprint density at radius 2 is 1.85 bits per heavy atom. The molecule has 6 heteroatoms. The molecule has 6 nitrogen and oxygen atoms in total. The highest BCUT2D eigenvalue weighted by Gasteiger charge is 2.25. The maximum atomic E-state index is 13.1. The molecule has 3 rings (SSSR count). The Labute approximate surface area is 205 Å². The summed E-state index contributed by atoms with van der Waals surface area (Å²) in [4.78, 5) is 27.8. The van der Waals surface area contributed by atoms with Crippen LogP contribution in [-0.2, 0) is 15.0 Å². The van der Waals surface area contributed by atoms with Crippen molar-refractivity contribution in [3.05, 3.63) is 41.1 Å². The second-order valence-electron chi connectivity index (χ2n) is 11.1. The summed E-state index contributed by atoms with van der Waals surface area (Å²) in [5.41, 5.74) is 3.97. The molecular weight excluding hydrogens is 424 g/mol. The molecule has 0 bridgehead atoms. The second-order valence-corrected chi connectivity index (χ2v) is 11.1. The maximum Gasteiger partial charge on any atom is 0.245 e. The summed E-state index contributed by atoms with van der Waals surface area (Å²) in [5, 5.41) is 7.90. The van der Waals surface area contributed by atoms with Crippen molar-refractivity contribution >= 4 is 17.6 Å². The third kappa shape index (κ3) is 6.28. The Balaban J connectivity index is 1.78. The molecular formula is C28H42N4O2. The fourth-order valence-corrected chi connectivity index (χ4v) is 4.65. The summed E-state index contributed by atoms with van der Waals surface area (Å²) in [5.74, 6) is 1.16. The number of amides is 2. The van der Waals surface area contributed by atoms with Gasteiger partial charge in [0.2, 0.25) is 11.8 Å². The highest BCUT2D eigenvalue weighted by Crippen LogP contribution is 2.30. The molecule has 1 aromatic heterocycles. The van der Waals surface area contributed by atoms with Crippen LogP contribution >= 0.6 is 0 Å². The Kier molecular flexibility index (Phi) is 8.21. The van der Waals surface area contributed by atoms with E-state index in [1.807, 2.05) is 36.7 Å². The van der Waals surface area contributed by atoms with Crippen LogP contribution in [0.1, 0.15) is 90.0 Å². The summed E-state index contributed by atoms with van der Waals surface area (Å²) in [6, 6.07) is 8.01. The summed E-state index contributed by atoms with van der Waals surface area (Å²) >= 11 is 0. The lowest BCUT2D eigenvalue weighted by Crippen LogP contribution is -2.42. The van der Waals surface area contributed by atoms with Gasteiger partial charge in [0.05, 0.1) is 11.4 Å². The van der Waals surface area contributed by atoms with Crippen molar-refractivity contribution in [1.29, 1.82) is 0 Å². The van der Waals surface area contributed by atoms with E-state index in [9.17, 15) is 9.59 Å². The van der Waals surface area contributed by atoms with Crippen molar-refractivity contribution in [3.63, 3.8) is 0 Å². The molecule has 1 aliphatic carbocycles. The second kappa shape index (κ2) is 10.7. The molecule has 1 aliphatic rings. The molecule has 34 heavy (non-hydrogen) atoms. The molecule has 0 unspecified atom stereocenters. The van der Waals surface area contributed by atoms with Gasteiger partial charge < -0.3 is 10.2 Å². The minimum absolute atomic E-state index is 0.0316. The van der Waals surface area contributed by atoms with E-state index in [-0.39, 0.29) is 29.8 Å². The molecule has 0 aliphatic heterocycles. The number of hydrogen-bond acceptors (Lipinski definition) is 3. The summed E-state index contributed by atoms with van der Waals surface area (Å²) in [6.07, 6.45) is 6.46. The molecule has 1 heterocycles. The standard InChI is InChI=1S/C28H42N4O2/c1-19(2)31(27(34)16-15-22-12-8-9-13-22)18-26(33)29-25-17-24(28(5,6)7)30-32(25)23-14-10-11-20(3)21(23)4/h10-11,14,17,19,22H,8-9,12-13,15-16,18H2,1-7H3,(H,29,33). The van der Waals surface area contributed by atoms with Gasteiger partial charge in [0.1, 0.15) is 12.4 Å². The summed E-state index contributed by atoms with van der Waals surface area (Å²) in [7, 11) is 0. The first kappa shape index (κ1) is 26.0. The number of carbonyl (C=O) groups excluding carboxylic acids is 2. The number of carbonyl (C=O) groups is 2. The number of nitrogens with zero attached hydrogens (tertiary/aromatic N) is 3. The van der Waals surface area contributed by atoms with Crippen LogP contribution in [0.4, 0.5) is 5.82 Å². The van der Waals surface area contributed by atoms with E-state index >= 15 is 0 Å². The van der Waals surface area contributed by atoms with Crippen molar-refractivity contribution in [2.75, 3.05) is 11.9 Å². The average Bonchev–Trinajstić information content (AvgIpc) is 3.42. The lowest BCUT2D eigenvalue weighted by molar-refractivity contribution is -0.136. The van der Waals surface area contributed by atoms with Crippen LogP contribution < -0.4 is 5.32 Å². The molecule has 1 fully saturated rings. The number of aromatic nitrogens is 2. The van der Waals surface area contributed by atoms with Gasteiger partial charge >= 0.3 is 0 Å². The molecule has 0 atom stereocenters. The zero-order valence-electron chi connectivity index (χ0n) is 22.1. The van der Waals surface area contributed by atoms with Gasteiger partial charge in [0.15, 0.2) is 0 Å². The van der Waals surface area contributed by atoms with Crippen LogP contribution in [0.3, 0.4) is 0 Å². The predicted molar refractivity (Wildman–Crippen MR) is 138 cm³/mol. The highest BCUT2D eigenvalue weighted by atomic mass is 16.2. The first-order chi connectivity index (χ1) is 16.0. The minimum atomic E-state index is -0.199. The van der Waals surface area contributed by atoms with Crippen LogP contribution in [0, 0.1) is 19.8 Å². The van der Waals surface area contributed by atoms with Gasteiger partial charge in [-0.05, 0) is 57.2 Å². The molecule has 186 valence electrons. The van der Waals surface area contributed by atoms with Gasteiger partial charge in [-0.15, -0.1) is 0 Å². The fourth-order valence-electron chi connectivity index (χ4n) is 4.65. The van der Waals surface area contributed by atoms with Crippen LogP contribution in [0.25, 0.3) is 5.69 Å². The van der Waals surface area contributed by atoms with Gasteiger partial charge in [-0.1, -0.05) is 58.6 Å². The number of nitrogens with one attached hydrogen (secondary N) is 1. The predicted octanol–water partition coefficient (Wildman–Crippen LogP) is 5.93. The minimum Gasteiger partial charge on any atom is -0.331 e. The van der Waals surface area contributed by atoms with Crippen molar-refractivity contribution in [1.82, 2.24) is 14.7 Å². The van der Waals surface area contributed by atoms with E-state index in [0.717, 1.165) is 23.4 Å². The smallest absolute Gasteiger partial charge is 0.245 e. The molecule has 0 radical (unpaired) electrons. The van der Waals surface area contributed by atoms with E-state index in [1.54, 1.807) is 4.90 Å². The van der Waals surface area contributed by atoms with Crippen LogP contribution in [0.5, 0.6) is 0 Å². The topological polar surface area (TPSA) is 67.2 Å². The Morgan fingerprint density at radius 1 is 1.18 bits per heavy atom. The first-order valence-corrected chi connectivity index (χ1v) is 12.7. The zero-order chi connectivity index (χ0) is 25.0. The van der Waals surface area contributed by atoms with Crippen LogP contribution in [0.2, 0.25) is 0 Å². The maximum absolute atomic E-state index is 13.1. The van der Waals surface area contributed by atoms with Gasteiger partial charge in [-0.2, -0.15) is 5.10 Å². The van der Waals surface area contributed by atoms with Crippen molar-refractivity contribution < 1.29 is 9.59 Å². The molecule has 1 aromatic carbocycles. The van der Waals surface area contributed by atoms with Crippen LogP contribution in [0.15, 0.2) is 24.3 Å². The van der Waals surface area contributed by atoms with E-state index in [4.69, 9.17) is 5.10 Å². The van der Waals surface area contributed by atoms with E-state index in [1.165, 1.54) is 31.2 Å². The van der Waals surface area contributed by atoms with Gasteiger partial charge in [0.25, 0.3) is 0 Å². The number of rotatable bonds is 8. The Hall–Kier alpha value is -2.63. The summed E-state index contributed by atoms with van der Waals surface area (Å²) < 4.78 is 1.82. The first-order valence-electron chi connectivity index (χ1n) is 12.7. The molecule has 1 saturated carbocycles. The van der Waals surface area contributed by atoms with Gasteiger partial charge in [0, 0.05) is 23.9 Å². The van der Waals surface area contributed by atoms with Crippen LogP contribution in [-0.4, -0.2) is 39.1 Å². The Morgan fingerprint density at radius 3 is 2.47 bits per heavy atom. The molecule has 0 spiro atoms. The molecule has 2 aromatic rings. The fraction of sp³-hybridized carbons (Fsp3) is 0.607.